The number of amides is 1. The quantitative estimate of drug-likeness (QED) is 0.846. The second kappa shape index (κ2) is 8.19. The normalized spacial score (nSPS) is 10.2. The van der Waals surface area contributed by atoms with Gasteiger partial charge in [0.05, 0.1) is 26.9 Å². The summed E-state index contributed by atoms with van der Waals surface area (Å²) in [6.45, 7) is 0.312. The van der Waals surface area contributed by atoms with Gasteiger partial charge in [0.15, 0.2) is 0 Å². The van der Waals surface area contributed by atoms with Gasteiger partial charge in [-0.2, -0.15) is 0 Å². The average Bonchev–Trinajstić information content (AvgIpc) is 2.61. The van der Waals surface area contributed by atoms with Gasteiger partial charge in [0.2, 0.25) is 0 Å². The molecule has 128 valence electrons. The van der Waals surface area contributed by atoms with Gasteiger partial charge in [0, 0.05) is 24.2 Å². The molecule has 0 heterocycles. The third-order valence-electron chi connectivity index (χ3n) is 3.60. The Morgan fingerprint density at radius 1 is 1.04 bits per heavy atom. The number of carbonyl (C=O) groups is 1. The molecular formula is C18H20FNO4. The monoisotopic (exact) mass is 333 g/mol. The number of benzene rings is 2. The Morgan fingerprint density at radius 2 is 1.67 bits per heavy atom. The molecule has 2 aromatic rings. The topological polar surface area (TPSA) is 56.8 Å². The number of hydrogen-bond donors (Lipinski definition) is 1. The van der Waals surface area contributed by atoms with Gasteiger partial charge in [-0.1, -0.05) is 12.1 Å². The van der Waals surface area contributed by atoms with Crippen molar-refractivity contribution in [2.75, 3.05) is 27.9 Å². The molecule has 1 N–H and O–H groups in total. The van der Waals surface area contributed by atoms with Crippen LogP contribution in [-0.4, -0.2) is 33.8 Å². The van der Waals surface area contributed by atoms with Gasteiger partial charge in [-0.3, -0.25) is 4.79 Å². The molecule has 6 heteroatoms. The van der Waals surface area contributed by atoms with Crippen LogP contribution in [0.4, 0.5) is 4.39 Å². The van der Waals surface area contributed by atoms with Crippen molar-refractivity contribution in [1.82, 2.24) is 5.32 Å². The van der Waals surface area contributed by atoms with Crippen LogP contribution < -0.4 is 19.5 Å². The van der Waals surface area contributed by atoms with E-state index in [9.17, 15) is 9.18 Å². The molecule has 0 unspecified atom stereocenters. The number of methoxy groups -OCH3 is 3. The molecule has 0 saturated carbocycles. The summed E-state index contributed by atoms with van der Waals surface area (Å²) in [5.74, 6) is 0.815. The predicted octanol–water partition coefficient (Wildman–Crippen LogP) is 2.82. The van der Waals surface area contributed by atoms with Crippen molar-refractivity contribution < 1.29 is 23.4 Å². The van der Waals surface area contributed by atoms with E-state index in [-0.39, 0.29) is 5.56 Å². The SMILES string of the molecule is COc1cc(OC)c(CCNC(=O)c2ccccc2F)c(OC)c1. The first-order valence-corrected chi connectivity index (χ1v) is 7.42. The van der Waals surface area contributed by atoms with E-state index in [1.807, 2.05) is 0 Å². The van der Waals surface area contributed by atoms with E-state index in [0.29, 0.717) is 30.2 Å². The highest BCUT2D eigenvalue weighted by Gasteiger charge is 2.15. The van der Waals surface area contributed by atoms with E-state index in [0.717, 1.165) is 5.56 Å². The molecular weight excluding hydrogens is 313 g/mol. The third kappa shape index (κ3) is 3.95. The van der Waals surface area contributed by atoms with Crippen molar-refractivity contribution in [2.24, 2.45) is 0 Å². The molecule has 0 saturated heterocycles. The highest BCUT2D eigenvalue weighted by atomic mass is 19.1. The first kappa shape index (κ1) is 17.6. The van der Waals surface area contributed by atoms with Crippen LogP contribution in [0.3, 0.4) is 0 Å². The Kier molecular flexibility index (Phi) is 6.01. The van der Waals surface area contributed by atoms with Gasteiger partial charge in [0.25, 0.3) is 5.91 Å². The summed E-state index contributed by atoms with van der Waals surface area (Å²) in [4.78, 5) is 12.0. The van der Waals surface area contributed by atoms with E-state index < -0.39 is 11.7 Å². The summed E-state index contributed by atoms with van der Waals surface area (Å²) in [6, 6.07) is 9.35. The van der Waals surface area contributed by atoms with Crippen LogP contribution in [0.2, 0.25) is 0 Å². The molecule has 0 radical (unpaired) electrons. The number of carbonyl (C=O) groups excluding carboxylic acids is 1. The van der Waals surface area contributed by atoms with Gasteiger partial charge in [-0.15, -0.1) is 0 Å². The molecule has 0 bridgehead atoms. The van der Waals surface area contributed by atoms with Crippen molar-refractivity contribution in [3.8, 4) is 17.2 Å². The Hall–Kier alpha value is -2.76. The molecule has 0 aliphatic carbocycles. The molecule has 0 fully saturated rings. The standard InChI is InChI=1S/C18H20FNO4/c1-22-12-10-16(23-2)14(17(11-12)24-3)8-9-20-18(21)13-6-4-5-7-15(13)19/h4-7,10-11H,8-9H2,1-3H3,(H,20,21). The van der Waals surface area contributed by atoms with Crippen molar-refractivity contribution in [3.63, 3.8) is 0 Å². The van der Waals surface area contributed by atoms with Crippen molar-refractivity contribution in [1.29, 1.82) is 0 Å². The maximum absolute atomic E-state index is 13.6. The van der Waals surface area contributed by atoms with Crippen molar-refractivity contribution in [2.45, 2.75) is 6.42 Å². The third-order valence-corrected chi connectivity index (χ3v) is 3.60. The predicted molar refractivity (Wildman–Crippen MR) is 88.5 cm³/mol. The molecule has 0 aromatic heterocycles. The summed E-state index contributed by atoms with van der Waals surface area (Å²) in [5, 5.41) is 2.70. The zero-order chi connectivity index (χ0) is 17.5. The molecule has 24 heavy (non-hydrogen) atoms. The lowest BCUT2D eigenvalue weighted by atomic mass is 10.1. The molecule has 2 aromatic carbocycles. The molecule has 0 aliphatic rings. The van der Waals surface area contributed by atoms with E-state index in [2.05, 4.69) is 5.32 Å². The zero-order valence-corrected chi connectivity index (χ0v) is 13.9. The second-order valence-corrected chi connectivity index (χ2v) is 5.00. The van der Waals surface area contributed by atoms with E-state index >= 15 is 0 Å². The molecule has 0 atom stereocenters. The molecule has 2 rings (SSSR count). The highest BCUT2D eigenvalue weighted by Crippen LogP contribution is 2.34. The minimum absolute atomic E-state index is 0.0196. The maximum atomic E-state index is 13.6. The Labute approximate surface area is 140 Å². The first-order chi connectivity index (χ1) is 11.6. The van der Waals surface area contributed by atoms with Crippen molar-refractivity contribution >= 4 is 5.91 Å². The number of hydrogen-bond acceptors (Lipinski definition) is 4. The average molecular weight is 333 g/mol. The van der Waals surface area contributed by atoms with Crippen LogP contribution >= 0.6 is 0 Å². The van der Waals surface area contributed by atoms with Crippen molar-refractivity contribution in [3.05, 3.63) is 53.3 Å². The Bertz CT molecular complexity index is 693. The van der Waals surface area contributed by atoms with Gasteiger partial charge in [0.1, 0.15) is 23.1 Å². The van der Waals surface area contributed by atoms with E-state index in [1.165, 1.54) is 12.1 Å². The number of halogens is 1. The molecule has 0 aliphatic heterocycles. The lowest BCUT2D eigenvalue weighted by molar-refractivity contribution is 0.0950. The number of nitrogens with one attached hydrogen (secondary N) is 1. The first-order valence-electron chi connectivity index (χ1n) is 7.42. The van der Waals surface area contributed by atoms with Crippen LogP contribution in [0.15, 0.2) is 36.4 Å². The Morgan fingerprint density at radius 3 is 2.21 bits per heavy atom. The van der Waals surface area contributed by atoms with Gasteiger partial charge < -0.3 is 19.5 Å². The minimum atomic E-state index is -0.547. The fourth-order valence-corrected chi connectivity index (χ4v) is 2.37. The van der Waals surface area contributed by atoms with Gasteiger partial charge in [-0.25, -0.2) is 4.39 Å². The number of ether oxygens (including phenoxy) is 3. The van der Waals surface area contributed by atoms with Gasteiger partial charge in [-0.05, 0) is 18.6 Å². The van der Waals surface area contributed by atoms with Crippen LogP contribution in [0, 0.1) is 5.82 Å². The molecule has 5 nitrogen and oxygen atoms in total. The highest BCUT2D eigenvalue weighted by molar-refractivity contribution is 5.94. The van der Waals surface area contributed by atoms with E-state index in [1.54, 1.807) is 45.6 Å². The molecule has 1 amide bonds. The summed E-state index contributed by atoms with van der Waals surface area (Å²) >= 11 is 0. The molecule has 0 spiro atoms. The maximum Gasteiger partial charge on any atom is 0.254 e. The minimum Gasteiger partial charge on any atom is -0.496 e. The summed E-state index contributed by atoms with van der Waals surface area (Å²) in [7, 11) is 4.66. The summed E-state index contributed by atoms with van der Waals surface area (Å²) in [5.41, 5.74) is 0.820. The lowest BCUT2D eigenvalue weighted by Crippen LogP contribution is -2.26. The lowest BCUT2D eigenvalue weighted by Gasteiger charge is -2.15. The van der Waals surface area contributed by atoms with Crippen LogP contribution in [0.1, 0.15) is 15.9 Å². The summed E-state index contributed by atoms with van der Waals surface area (Å²) < 4.78 is 29.5. The zero-order valence-electron chi connectivity index (χ0n) is 13.9. The second-order valence-electron chi connectivity index (χ2n) is 5.00. The van der Waals surface area contributed by atoms with Gasteiger partial charge >= 0.3 is 0 Å². The van der Waals surface area contributed by atoms with Crippen LogP contribution in [0.25, 0.3) is 0 Å². The fraction of sp³-hybridized carbons (Fsp3) is 0.278. The van der Waals surface area contributed by atoms with Crippen LogP contribution in [-0.2, 0) is 6.42 Å². The fourth-order valence-electron chi connectivity index (χ4n) is 2.37. The number of rotatable bonds is 7. The Balaban J connectivity index is 2.09. The summed E-state index contributed by atoms with van der Waals surface area (Å²) in [6.07, 6.45) is 0.469. The largest absolute Gasteiger partial charge is 0.496 e. The van der Waals surface area contributed by atoms with E-state index in [4.69, 9.17) is 14.2 Å². The van der Waals surface area contributed by atoms with Crippen LogP contribution in [0.5, 0.6) is 17.2 Å². The smallest absolute Gasteiger partial charge is 0.254 e.